The number of hydrogen-bond acceptors (Lipinski definition) is 3. The second-order valence-electron chi connectivity index (χ2n) is 5.07. The van der Waals surface area contributed by atoms with Crippen molar-refractivity contribution in [1.29, 1.82) is 0 Å². The number of hydrogen-bond donors (Lipinski definition) is 2. The summed E-state index contributed by atoms with van der Waals surface area (Å²) < 4.78 is 27.1. The van der Waals surface area contributed by atoms with Crippen LogP contribution in [0, 0.1) is 11.6 Å². The number of halogens is 2. The Morgan fingerprint density at radius 3 is 2.44 bits per heavy atom. The van der Waals surface area contributed by atoms with Gasteiger partial charge in [0.05, 0.1) is 0 Å². The first-order chi connectivity index (χ1) is 8.54. The standard InChI is InChI=1S/C13H19F2N3/c1-3-16-11-9(14)8-10(15)12(17-11)18-13(2)6-4-5-7-13/h8H,3-7H2,1-2H3,(H2,16,17,18). The molecule has 0 atom stereocenters. The van der Waals surface area contributed by atoms with Crippen molar-refractivity contribution >= 4 is 11.6 Å². The third-order valence-corrected chi connectivity index (χ3v) is 3.40. The number of anilines is 2. The van der Waals surface area contributed by atoms with Crippen molar-refractivity contribution in [1.82, 2.24) is 4.98 Å². The quantitative estimate of drug-likeness (QED) is 0.864. The zero-order chi connectivity index (χ0) is 13.2. The van der Waals surface area contributed by atoms with Crippen molar-refractivity contribution in [2.24, 2.45) is 0 Å². The van der Waals surface area contributed by atoms with Gasteiger partial charge in [-0.25, -0.2) is 13.8 Å². The lowest BCUT2D eigenvalue weighted by Crippen LogP contribution is -2.32. The number of pyridine rings is 1. The minimum absolute atomic E-state index is 0.1000. The van der Waals surface area contributed by atoms with E-state index in [1.165, 1.54) is 0 Å². The SMILES string of the molecule is CCNc1nc(NC2(C)CCCC2)c(F)cc1F. The van der Waals surface area contributed by atoms with Gasteiger partial charge in [-0.1, -0.05) is 12.8 Å². The van der Waals surface area contributed by atoms with Gasteiger partial charge in [0, 0.05) is 18.2 Å². The van der Waals surface area contributed by atoms with E-state index in [1.54, 1.807) is 0 Å². The molecule has 1 fully saturated rings. The van der Waals surface area contributed by atoms with Crippen molar-refractivity contribution in [3.05, 3.63) is 17.7 Å². The maximum absolute atomic E-state index is 13.7. The molecule has 1 saturated carbocycles. The Hall–Kier alpha value is -1.39. The van der Waals surface area contributed by atoms with Crippen LogP contribution in [-0.4, -0.2) is 17.1 Å². The molecule has 1 aromatic rings. The molecule has 5 heteroatoms. The van der Waals surface area contributed by atoms with Gasteiger partial charge >= 0.3 is 0 Å². The summed E-state index contributed by atoms with van der Waals surface area (Å²) in [4.78, 5) is 4.00. The number of aromatic nitrogens is 1. The van der Waals surface area contributed by atoms with Gasteiger partial charge in [-0.2, -0.15) is 0 Å². The molecule has 0 bridgehead atoms. The highest BCUT2D eigenvalue weighted by Gasteiger charge is 2.30. The van der Waals surface area contributed by atoms with Gasteiger partial charge in [-0.05, 0) is 26.7 Å². The van der Waals surface area contributed by atoms with Crippen LogP contribution in [0.4, 0.5) is 20.4 Å². The fourth-order valence-electron chi connectivity index (χ4n) is 2.41. The topological polar surface area (TPSA) is 37.0 Å². The van der Waals surface area contributed by atoms with E-state index in [0.29, 0.717) is 6.54 Å². The molecule has 0 radical (unpaired) electrons. The van der Waals surface area contributed by atoms with E-state index in [2.05, 4.69) is 22.5 Å². The Morgan fingerprint density at radius 2 is 1.83 bits per heavy atom. The van der Waals surface area contributed by atoms with E-state index in [9.17, 15) is 8.78 Å². The highest BCUT2D eigenvalue weighted by Crippen LogP contribution is 2.33. The first-order valence-corrected chi connectivity index (χ1v) is 6.42. The van der Waals surface area contributed by atoms with Crippen LogP contribution in [0.2, 0.25) is 0 Å². The van der Waals surface area contributed by atoms with Crippen molar-refractivity contribution in [2.75, 3.05) is 17.2 Å². The van der Waals surface area contributed by atoms with Crippen molar-refractivity contribution in [3.8, 4) is 0 Å². The molecule has 2 rings (SSSR count). The molecule has 0 spiro atoms. The fraction of sp³-hybridized carbons (Fsp3) is 0.615. The minimum atomic E-state index is -0.656. The molecule has 3 nitrogen and oxygen atoms in total. The fourth-order valence-corrected chi connectivity index (χ4v) is 2.41. The zero-order valence-corrected chi connectivity index (χ0v) is 10.8. The molecule has 0 aromatic carbocycles. The van der Waals surface area contributed by atoms with E-state index in [4.69, 9.17) is 0 Å². The molecule has 100 valence electrons. The average Bonchev–Trinajstić information content (AvgIpc) is 2.72. The normalized spacial score (nSPS) is 17.8. The molecule has 1 aromatic heterocycles. The summed E-state index contributed by atoms with van der Waals surface area (Å²) >= 11 is 0. The molecule has 0 aliphatic heterocycles. The molecule has 1 heterocycles. The molecule has 0 saturated heterocycles. The Kier molecular flexibility index (Phi) is 3.68. The molecule has 2 N–H and O–H groups in total. The highest BCUT2D eigenvalue weighted by molar-refractivity contribution is 5.48. The molecular formula is C13H19F2N3. The van der Waals surface area contributed by atoms with E-state index >= 15 is 0 Å². The van der Waals surface area contributed by atoms with E-state index < -0.39 is 11.6 Å². The summed E-state index contributed by atoms with van der Waals surface area (Å²) in [5.41, 5.74) is -0.130. The van der Waals surface area contributed by atoms with Crippen LogP contribution in [0.3, 0.4) is 0 Å². The third kappa shape index (κ3) is 2.71. The van der Waals surface area contributed by atoms with Gasteiger partial charge in [0.15, 0.2) is 23.3 Å². The lowest BCUT2D eigenvalue weighted by molar-refractivity contribution is 0.517. The number of nitrogens with one attached hydrogen (secondary N) is 2. The summed E-state index contributed by atoms with van der Waals surface area (Å²) in [6, 6.07) is 0.881. The molecular weight excluding hydrogens is 236 g/mol. The van der Waals surface area contributed by atoms with Crippen molar-refractivity contribution in [2.45, 2.75) is 45.1 Å². The molecule has 0 amide bonds. The summed E-state index contributed by atoms with van der Waals surface area (Å²) in [7, 11) is 0. The van der Waals surface area contributed by atoms with Crippen LogP contribution < -0.4 is 10.6 Å². The third-order valence-electron chi connectivity index (χ3n) is 3.40. The largest absolute Gasteiger partial charge is 0.368 e. The lowest BCUT2D eigenvalue weighted by atomic mass is 10.0. The Balaban J connectivity index is 2.23. The Labute approximate surface area is 106 Å². The summed E-state index contributed by atoms with van der Waals surface area (Å²) in [6.45, 7) is 4.44. The maximum atomic E-state index is 13.7. The highest BCUT2D eigenvalue weighted by atomic mass is 19.1. The van der Waals surface area contributed by atoms with Crippen LogP contribution in [0.1, 0.15) is 39.5 Å². The van der Waals surface area contributed by atoms with Crippen LogP contribution in [0.25, 0.3) is 0 Å². The van der Waals surface area contributed by atoms with Crippen LogP contribution >= 0.6 is 0 Å². The van der Waals surface area contributed by atoms with Crippen molar-refractivity contribution in [3.63, 3.8) is 0 Å². The first-order valence-electron chi connectivity index (χ1n) is 6.42. The average molecular weight is 255 g/mol. The number of nitrogens with zero attached hydrogens (tertiary/aromatic N) is 1. The van der Waals surface area contributed by atoms with Gasteiger partial charge in [0.2, 0.25) is 0 Å². The van der Waals surface area contributed by atoms with Gasteiger partial charge in [0.1, 0.15) is 0 Å². The van der Waals surface area contributed by atoms with Gasteiger partial charge in [-0.15, -0.1) is 0 Å². The predicted octanol–water partition coefficient (Wildman–Crippen LogP) is 3.54. The number of rotatable bonds is 4. The van der Waals surface area contributed by atoms with Crippen LogP contribution in [0.15, 0.2) is 6.07 Å². The predicted molar refractivity (Wildman–Crippen MR) is 68.8 cm³/mol. The van der Waals surface area contributed by atoms with E-state index in [0.717, 1.165) is 31.7 Å². The van der Waals surface area contributed by atoms with Gasteiger partial charge in [-0.3, -0.25) is 0 Å². The second-order valence-corrected chi connectivity index (χ2v) is 5.07. The van der Waals surface area contributed by atoms with Gasteiger partial charge < -0.3 is 10.6 Å². The molecule has 1 aliphatic carbocycles. The Bertz CT molecular complexity index is 428. The Morgan fingerprint density at radius 1 is 1.22 bits per heavy atom. The minimum Gasteiger partial charge on any atom is -0.368 e. The lowest BCUT2D eigenvalue weighted by Gasteiger charge is -2.26. The van der Waals surface area contributed by atoms with Crippen LogP contribution in [-0.2, 0) is 0 Å². The zero-order valence-electron chi connectivity index (χ0n) is 10.8. The monoisotopic (exact) mass is 255 g/mol. The van der Waals surface area contributed by atoms with E-state index in [1.807, 2.05) is 6.92 Å². The first kappa shape index (κ1) is 13.1. The molecule has 18 heavy (non-hydrogen) atoms. The second kappa shape index (κ2) is 5.08. The summed E-state index contributed by atoms with van der Waals surface area (Å²) in [5, 5.41) is 5.91. The molecule has 0 unspecified atom stereocenters. The van der Waals surface area contributed by atoms with Crippen LogP contribution in [0.5, 0.6) is 0 Å². The summed E-state index contributed by atoms with van der Waals surface area (Å²) in [5.74, 6) is -1.06. The van der Waals surface area contributed by atoms with Crippen molar-refractivity contribution < 1.29 is 8.78 Å². The summed E-state index contributed by atoms with van der Waals surface area (Å²) in [6.07, 6.45) is 4.24. The van der Waals surface area contributed by atoms with E-state index in [-0.39, 0.29) is 17.2 Å². The van der Waals surface area contributed by atoms with Gasteiger partial charge in [0.25, 0.3) is 0 Å². The maximum Gasteiger partial charge on any atom is 0.168 e. The smallest absolute Gasteiger partial charge is 0.168 e. The molecule has 1 aliphatic rings.